The summed E-state index contributed by atoms with van der Waals surface area (Å²) in [5.74, 6) is 2.68. The van der Waals surface area contributed by atoms with Crippen LogP contribution in [0.3, 0.4) is 0 Å². The molecule has 0 saturated carbocycles. The lowest BCUT2D eigenvalue weighted by Crippen LogP contribution is -2.41. The number of hydrogen-bond donors (Lipinski definition) is 0. The molecule has 0 radical (unpaired) electrons. The van der Waals surface area contributed by atoms with E-state index in [2.05, 4.69) is 11.8 Å². The number of nitrogens with zero attached hydrogens (tertiary/aromatic N) is 1. The third kappa shape index (κ3) is 5.50. The van der Waals surface area contributed by atoms with E-state index in [0.29, 0.717) is 6.61 Å². The Morgan fingerprint density at radius 3 is 2.48 bits per heavy atom. The zero-order valence-electron chi connectivity index (χ0n) is 13.3. The molecule has 21 heavy (non-hydrogen) atoms. The number of ether oxygens (including phenoxy) is 2. The first kappa shape index (κ1) is 17.7. The molecular weight excluding hydrogens is 286 g/mol. The molecule has 1 atom stereocenters. The van der Waals surface area contributed by atoms with Gasteiger partial charge < -0.3 is 14.4 Å². The molecule has 0 N–H and O–H groups in total. The van der Waals surface area contributed by atoms with Crippen LogP contribution >= 0.6 is 11.8 Å². The Balaban J connectivity index is 2.86. The summed E-state index contributed by atoms with van der Waals surface area (Å²) in [7, 11) is 1.64. The van der Waals surface area contributed by atoms with Crippen LogP contribution in [0.1, 0.15) is 20.8 Å². The molecule has 5 heteroatoms. The van der Waals surface area contributed by atoms with Gasteiger partial charge in [0.1, 0.15) is 11.8 Å². The van der Waals surface area contributed by atoms with E-state index in [1.807, 2.05) is 49.9 Å². The van der Waals surface area contributed by atoms with Gasteiger partial charge in [-0.1, -0.05) is 6.92 Å². The molecule has 0 heterocycles. The zero-order chi connectivity index (χ0) is 15.7. The lowest BCUT2D eigenvalue weighted by Gasteiger charge is -2.29. The molecule has 118 valence electrons. The molecule has 0 saturated heterocycles. The Morgan fingerprint density at radius 1 is 1.29 bits per heavy atom. The summed E-state index contributed by atoms with van der Waals surface area (Å²) in [6.45, 7) is 7.07. The van der Waals surface area contributed by atoms with Gasteiger partial charge >= 0.3 is 5.97 Å². The highest BCUT2D eigenvalue weighted by Gasteiger charge is 2.22. The van der Waals surface area contributed by atoms with Crippen LogP contribution in [0.4, 0.5) is 5.69 Å². The Bertz CT molecular complexity index is 422. The topological polar surface area (TPSA) is 38.8 Å². The van der Waals surface area contributed by atoms with Gasteiger partial charge in [0.25, 0.3) is 0 Å². The Labute approximate surface area is 131 Å². The van der Waals surface area contributed by atoms with E-state index in [1.54, 1.807) is 7.11 Å². The first-order valence-corrected chi connectivity index (χ1v) is 8.44. The maximum absolute atomic E-state index is 12.0. The largest absolute Gasteiger partial charge is 0.497 e. The summed E-state index contributed by atoms with van der Waals surface area (Å²) < 4.78 is 10.3. The first-order chi connectivity index (χ1) is 10.1. The van der Waals surface area contributed by atoms with Crippen LogP contribution in [-0.2, 0) is 9.53 Å². The van der Waals surface area contributed by atoms with Crippen LogP contribution in [-0.4, -0.2) is 43.8 Å². The van der Waals surface area contributed by atoms with Crippen molar-refractivity contribution in [2.45, 2.75) is 26.8 Å². The van der Waals surface area contributed by atoms with Crippen LogP contribution in [0.15, 0.2) is 24.3 Å². The lowest BCUT2D eigenvalue weighted by molar-refractivity contribution is -0.144. The second kappa shape index (κ2) is 9.55. The molecule has 0 aliphatic carbocycles. The average Bonchev–Trinajstić information content (AvgIpc) is 2.51. The van der Waals surface area contributed by atoms with Crippen LogP contribution in [0.2, 0.25) is 0 Å². The maximum atomic E-state index is 12.0. The van der Waals surface area contributed by atoms with Crippen molar-refractivity contribution >= 4 is 23.4 Å². The molecule has 4 nitrogen and oxygen atoms in total. The number of anilines is 1. The molecular formula is C16H25NO3S. The minimum atomic E-state index is -0.296. The number of thioether (sulfide) groups is 1. The van der Waals surface area contributed by atoms with Crippen molar-refractivity contribution in [3.63, 3.8) is 0 Å². The summed E-state index contributed by atoms with van der Waals surface area (Å²) in [6.07, 6.45) is 0. The predicted octanol–water partition coefficient (Wildman–Crippen LogP) is 3.21. The summed E-state index contributed by atoms with van der Waals surface area (Å²) in [5.41, 5.74) is 1.01. The maximum Gasteiger partial charge on any atom is 0.328 e. The van der Waals surface area contributed by atoms with Crippen LogP contribution in [0.5, 0.6) is 5.75 Å². The molecule has 1 aromatic carbocycles. The van der Waals surface area contributed by atoms with Crippen molar-refractivity contribution < 1.29 is 14.3 Å². The highest BCUT2D eigenvalue weighted by molar-refractivity contribution is 7.99. The molecule has 0 amide bonds. The van der Waals surface area contributed by atoms with Gasteiger partial charge in [0.15, 0.2) is 0 Å². The monoisotopic (exact) mass is 311 g/mol. The average molecular weight is 311 g/mol. The summed E-state index contributed by atoms with van der Waals surface area (Å²) >= 11 is 1.86. The van der Waals surface area contributed by atoms with Crippen molar-refractivity contribution in [1.82, 2.24) is 0 Å². The number of benzene rings is 1. The van der Waals surface area contributed by atoms with Crippen molar-refractivity contribution in [2.75, 3.05) is 36.7 Å². The Morgan fingerprint density at radius 2 is 1.95 bits per heavy atom. The highest BCUT2D eigenvalue weighted by Crippen LogP contribution is 2.22. The van der Waals surface area contributed by atoms with Crippen molar-refractivity contribution in [1.29, 1.82) is 0 Å². The molecule has 0 aliphatic rings. The fourth-order valence-electron chi connectivity index (χ4n) is 2.02. The van der Waals surface area contributed by atoms with Gasteiger partial charge in [0, 0.05) is 18.0 Å². The third-order valence-corrected chi connectivity index (χ3v) is 4.06. The number of hydrogen-bond acceptors (Lipinski definition) is 5. The fourth-order valence-corrected chi connectivity index (χ4v) is 2.63. The van der Waals surface area contributed by atoms with Gasteiger partial charge in [-0.25, -0.2) is 4.79 Å². The molecule has 0 aromatic heterocycles. The third-order valence-electron chi connectivity index (χ3n) is 3.18. The van der Waals surface area contributed by atoms with Crippen LogP contribution < -0.4 is 9.64 Å². The second-order valence-electron chi connectivity index (χ2n) is 4.52. The number of esters is 1. The van der Waals surface area contributed by atoms with E-state index in [-0.39, 0.29) is 12.0 Å². The van der Waals surface area contributed by atoms with Gasteiger partial charge in [-0.05, 0) is 43.9 Å². The summed E-state index contributed by atoms with van der Waals surface area (Å²) in [4.78, 5) is 14.1. The van der Waals surface area contributed by atoms with E-state index in [0.717, 1.165) is 29.5 Å². The van der Waals surface area contributed by atoms with E-state index >= 15 is 0 Å². The van der Waals surface area contributed by atoms with Gasteiger partial charge in [0.05, 0.1) is 13.7 Å². The number of carbonyl (C=O) groups excluding carboxylic acids is 1. The summed E-state index contributed by atoms with van der Waals surface area (Å²) in [6, 6.07) is 7.48. The van der Waals surface area contributed by atoms with Crippen LogP contribution in [0, 0.1) is 0 Å². The standard InChI is InChI=1S/C16H25NO3S/c1-5-20-16(18)13(3)17(11-12-21-6-2)14-7-9-15(19-4)10-8-14/h7-10,13H,5-6,11-12H2,1-4H3. The highest BCUT2D eigenvalue weighted by atomic mass is 32.2. The van der Waals surface area contributed by atoms with Gasteiger partial charge in [-0.15, -0.1) is 0 Å². The second-order valence-corrected chi connectivity index (χ2v) is 5.91. The minimum Gasteiger partial charge on any atom is -0.497 e. The van der Waals surface area contributed by atoms with E-state index in [9.17, 15) is 4.79 Å². The van der Waals surface area contributed by atoms with Crippen molar-refractivity contribution in [3.05, 3.63) is 24.3 Å². The summed E-state index contributed by atoms with van der Waals surface area (Å²) in [5, 5.41) is 0. The van der Waals surface area contributed by atoms with E-state index in [4.69, 9.17) is 9.47 Å². The number of methoxy groups -OCH3 is 1. The Hall–Kier alpha value is -1.36. The number of carbonyl (C=O) groups is 1. The predicted molar refractivity (Wildman–Crippen MR) is 89.4 cm³/mol. The lowest BCUT2D eigenvalue weighted by atomic mass is 10.2. The quantitative estimate of drug-likeness (QED) is 0.517. The van der Waals surface area contributed by atoms with Gasteiger partial charge in [-0.2, -0.15) is 11.8 Å². The molecule has 0 aliphatic heterocycles. The smallest absolute Gasteiger partial charge is 0.328 e. The molecule has 0 fully saturated rings. The van der Waals surface area contributed by atoms with Crippen molar-refractivity contribution in [3.8, 4) is 5.75 Å². The molecule has 0 bridgehead atoms. The van der Waals surface area contributed by atoms with Gasteiger partial charge in [0.2, 0.25) is 0 Å². The number of rotatable bonds is 9. The molecule has 0 spiro atoms. The molecule has 1 rings (SSSR count). The molecule has 1 aromatic rings. The van der Waals surface area contributed by atoms with Gasteiger partial charge in [-0.3, -0.25) is 0 Å². The van der Waals surface area contributed by atoms with Crippen LogP contribution in [0.25, 0.3) is 0 Å². The Kier molecular flexibility index (Phi) is 8.05. The minimum absolute atomic E-state index is 0.185. The van der Waals surface area contributed by atoms with E-state index in [1.165, 1.54) is 0 Å². The normalized spacial score (nSPS) is 11.8. The van der Waals surface area contributed by atoms with E-state index < -0.39 is 0 Å². The first-order valence-electron chi connectivity index (χ1n) is 7.29. The molecule has 1 unspecified atom stereocenters. The zero-order valence-corrected chi connectivity index (χ0v) is 14.1. The van der Waals surface area contributed by atoms with Crippen molar-refractivity contribution in [2.24, 2.45) is 0 Å². The SMILES string of the molecule is CCOC(=O)C(C)N(CCSCC)c1ccc(OC)cc1. The fraction of sp³-hybridized carbons (Fsp3) is 0.562.